The van der Waals surface area contributed by atoms with Crippen LogP contribution in [0.25, 0.3) is 0 Å². The van der Waals surface area contributed by atoms with Crippen LogP contribution in [0.1, 0.15) is 12.0 Å². The number of alkyl halides is 2. The van der Waals surface area contributed by atoms with E-state index in [0.29, 0.717) is 0 Å². The smallest absolute Gasteiger partial charge is 0.288 e. The minimum absolute atomic E-state index is 0.0742. The summed E-state index contributed by atoms with van der Waals surface area (Å²) in [6.07, 6.45) is -0.380. The monoisotopic (exact) mass is 262 g/mol. The van der Waals surface area contributed by atoms with Gasteiger partial charge in [-0.2, -0.15) is 0 Å². The Bertz CT molecular complexity index is 495. The highest BCUT2D eigenvalue weighted by molar-refractivity contribution is 6.32. The summed E-state index contributed by atoms with van der Waals surface area (Å²) in [5.41, 5.74) is 3.68. The first-order valence-corrected chi connectivity index (χ1v) is 5.24. The summed E-state index contributed by atoms with van der Waals surface area (Å²) in [5, 5.41) is 10.6. The molecule has 1 atom stereocenters. The number of hydrogen-bond acceptors (Lipinski definition) is 3. The number of nitrogens with two attached hydrogens (primary N) is 1. The molecule has 1 aromatic carbocycles. The van der Waals surface area contributed by atoms with Gasteiger partial charge in [-0.3, -0.25) is 10.1 Å². The molecule has 1 aliphatic rings. The molecule has 0 radical (unpaired) electrons. The van der Waals surface area contributed by atoms with Crippen LogP contribution >= 0.6 is 11.6 Å². The van der Waals surface area contributed by atoms with Crippen LogP contribution in [0.2, 0.25) is 5.02 Å². The molecule has 17 heavy (non-hydrogen) atoms. The van der Waals surface area contributed by atoms with Gasteiger partial charge >= 0.3 is 0 Å². The van der Waals surface area contributed by atoms with Gasteiger partial charge in [0.1, 0.15) is 5.02 Å². The molecule has 0 amide bonds. The van der Waals surface area contributed by atoms with Gasteiger partial charge in [0.25, 0.3) is 11.6 Å². The number of hydrogen-bond donors (Lipinski definition) is 1. The fourth-order valence-electron chi connectivity index (χ4n) is 1.94. The average molecular weight is 263 g/mol. The van der Waals surface area contributed by atoms with E-state index in [1.807, 2.05) is 0 Å². The van der Waals surface area contributed by atoms with Gasteiger partial charge in [-0.1, -0.05) is 17.7 Å². The molecule has 1 aromatic rings. The van der Waals surface area contributed by atoms with Crippen molar-refractivity contribution in [3.05, 3.63) is 38.9 Å². The van der Waals surface area contributed by atoms with Crippen LogP contribution in [0.4, 0.5) is 14.5 Å². The molecule has 1 unspecified atom stereocenters. The Balaban J connectivity index is 2.48. The lowest BCUT2D eigenvalue weighted by Crippen LogP contribution is -2.26. The first-order chi connectivity index (χ1) is 7.84. The molecule has 1 aliphatic carbocycles. The Hall–Kier alpha value is -1.27. The van der Waals surface area contributed by atoms with Gasteiger partial charge in [0, 0.05) is 19.0 Å². The number of nitrogens with zero attached hydrogens (tertiary/aromatic N) is 1. The van der Waals surface area contributed by atoms with Crippen molar-refractivity contribution in [1.82, 2.24) is 0 Å². The predicted molar refractivity (Wildman–Crippen MR) is 58.4 cm³/mol. The van der Waals surface area contributed by atoms with Crippen LogP contribution in [0.3, 0.4) is 0 Å². The number of nitro groups is 1. The van der Waals surface area contributed by atoms with Gasteiger partial charge in [-0.05, 0) is 11.6 Å². The molecule has 2 rings (SSSR count). The van der Waals surface area contributed by atoms with Crippen molar-refractivity contribution in [2.75, 3.05) is 6.54 Å². The number of benzene rings is 1. The quantitative estimate of drug-likeness (QED) is 0.672. The summed E-state index contributed by atoms with van der Waals surface area (Å²) in [6.45, 7) is -0.251. The topological polar surface area (TPSA) is 69.2 Å². The maximum atomic E-state index is 13.3. The number of halogens is 3. The minimum Gasteiger partial charge on any atom is -0.329 e. The van der Waals surface area contributed by atoms with Crippen molar-refractivity contribution in [3.8, 4) is 0 Å². The fourth-order valence-corrected chi connectivity index (χ4v) is 2.12. The fraction of sp³-hybridized carbons (Fsp3) is 0.400. The Labute approximate surface area is 101 Å². The van der Waals surface area contributed by atoms with Gasteiger partial charge in [-0.15, -0.1) is 0 Å². The first kappa shape index (κ1) is 12.2. The Morgan fingerprint density at radius 3 is 2.53 bits per heavy atom. The molecule has 4 nitrogen and oxygen atoms in total. The Kier molecular flexibility index (Phi) is 2.59. The molecule has 1 saturated carbocycles. The Morgan fingerprint density at radius 2 is 2.12 bits per heavy atom. The van der Waals surface area contributed by atoms with E-state index in [2.05, 4.69) is 0 Å². The predicted octanol–water partition coefficient (Wildman–Crippen LogP) is 2.48. The molecule has 7 heteroatoms. The van der Waals surface area contributed by atoms with Crippen molar-refractivity contribution in [2.24, 2.45) is 5.73 Å². The standard InChI is InChI=1S/C10H9ClF2N2O2/c11-7-2-1-6(3-8(7)15(16)17)9(5-14)4-10(9,12)13/h1-3H,4-5,14H2. The zero-order valence-corrected chi connectivity index (χ0v) is 9.38. The van der Waals surface area contributed by atoms with E-state index in [4.69, 9.17) is 17.3 Å². The summed E-state index contributed by atoms with van der Waals surface area (Å²) in [6, 6.07) is 3.69. The van der Waals surface area contributed by atoms with Gasteiger partial charge in [-0.25, -0.2) is 8.78 Å². The first-order valence-electron chi connectivity index (χ1n) is 4.86. The van der Waals surface area contributed by atoms with Crippen molar-refractivity contribution in [1.29, 1.82) is 0 Å². The highest BCUT2D eigenvalue weighted by atomic mass is 35.5. The minimum atomic E-state index is -2.90. The van der Waals surface area contributed by atoms with E-state index in [0.717, 1.165) is 6.07 Å². The van der Waals surface area contributed by atoms with Crippen LogP contribution < -0.4 is 5.73 Å². The van der Waals surface area contributed by atoms with Gasteiger partial charge in [0.05, 0.1) is 10.3 Å². The molecule has 0 spiro atoms. The largest absolute Gasteiger partial charge is 0.329 e. The number of rotatable bonds is 3. The maximum Gasteiger partial charge on any atom is 0.288 e. The van der Waals surface area contributed by atoms with Gasteiger partial charge < -0.3 is 5.73 Å². The summed E-state index contributed by atoms with van der Waals surface area (Å²) >= 11 is 5.62. The molecule has 0 aliphatic heterocycles. The van der Waals surface area contributed by atoms with E-state index < -0.39 is 16.3 Å². The van der Waals surface area contributed by atoms with Crippen LogP contribution in [0, 0.1) is 10.1 Å². The van der Waals surface area contributed by atoms with Gasteiger partial charge in [0.2, 0.25) is 0 Å². The third-order valence-corrected chi connectivity index (χ3v) is 3.46. The van der Waals surface area contributed by atoms with E-state index in [1.54, 1.807) is 0 Å². The van der Waals surface area contributed by atoms with Crippen molar-refractivity contribution >= 4 is 17.3 Å². The van der Waals surface area contributed by atoms with E-state index >= 15 is 0 Å². The van der Waals surface area contributed by atoms with Crippen LogP contribution in [0.15, 0.2) is 18.2 Å². The van der Waals surface area contributed by atoms with Crippen molar-refractivity contribution in [3.63, 3.8) is 0 Å². The highest BCUT2D eigenvalue weighted by Gasteiger charge is 2.71. The second-order valence-electron chi connectivity index (χ2n) is 4.09. The van der Waals surface area contributed by atoms with Gasteiger partial charge in [0.15, 0.2) is 0 Å². The zero-order chi connectivity index (χ0) is 12.8. The molecule has 0 bridgehead atoms. The van der Waals surface area contributed by atoms with E-state index in [1.165, 1.54) is 12.1 Å². The zero-order valence-electron chi connectivity index (χ0n) is 8.62. The molecule has 92 valence electrons. The highest BCUT2D eigenvalue weighted by Crippen LogP contribution is 2.61. The van der Waals surface area contributed by atoms with E-state index in [-0.39, 0.29) is 29.2 Å². The summed E-state index contributed by atoms with van der Waals surface area (Å²) < 4.78 is 26.6. The lowest BCUT2D eigenvalue weighted by molar-refractivity contribution is -0.384. The Morgan fingerprint density at radius 1 is 1.53 bits per heavy atom. The third-order valence-electron chi connectivity index (χ3n) is 3.14. The van der Waals surface area contributed by atoms with Crippen molar-refractivity contribution < 1.29 is 13.7 Å². The van der Waals surface area contributed by atoms with Crippen LogP contribution in [0.5, 0.6) is 0 Å². The SMILES string of the molecule is NCC1(c2ccc(Cl)c([N+](=O)[O-])c2)CC1(F)F. The normalized spacial score (nSPS) is 25.6. The lowest BCUT2D eigenvalue weighted by atomic mass is 9.95. The molecule has 0 aromatic heterocycles. The molecule has 0 heterocycles. The molecule has 0 saturated heterocycles. The molecule has 1 fully saturated rings. The summed E-state index contributed by atoms with van der Waals surface area (Å²) in [7, 11) is 0. The molecular formula is C10H9ClF2N2O2. The van der Waals surface area contributed by atoms with Crippen LogP contribution in [-0.2, 0) is 5.41 Å². The summed E-state index contributed by atoms with van der Waals surface area (Å²) in [4.78, 5) is 9.98. The maximum absolute atomic E-state index is 13.3. The lowest BCUT2D eigenvalue weighted by Gasteiger charge is -2.14. The molecular weight excluding hydrogens is 254 g/mol. The second kappa shape index (κ2) is 3.61. The average Bonchev–Trinajstić information content (AvgIpc) is 2.82. The summed E-state index contributed by atoms with van der Waals surface area (Å²) in [5.74, 6) is -2.90. The second-order valence-corrected chi connectivity index (χ2v) is 4.50. The van der Waals surface area contributed by atoms with Crippen molar-refractivity contribution in [2.45, 2.75) is 17.8 Å². The number of nitro benzene ring substituents is 1. The van der Waals surface area contributed by atoms with Crippen LogP contribution in [-0.4, -0.2) is 17.4 Å². The third kappa shape index (κ3) is 1.68. The molecule has 2 N–H and O–H groups in total. The van der Waals surface area contributed by atoms with E-state index in [9.17, 15) is 18.9 Å².